The molecule has 1 heterocycles. The Hall–Kier alpha value is -1.62. The lowest BCUT2D eigenvalue weighted by Crippen LogP contribution is -2.37. The van der Waals surface area contributed by atoms with Crippen molar-refractivity contribution in [3.8, 4) is 0 Å². The second-order valence-electron chi connectivity index (χ2n) is 6.49. The minimum atomic E-state index is 0.750. The second kappa shape index (κ2) is 8.65. The number of nitrogens with zero attached hydrogens (tertiary/aromatic N) is 2. The van der Waals surface area contributed by atoms with E-state index in [1.807, 2.05) is 25.1 Å². The Morgan fingerprint density at radius 3 is 2.64 bits per heavy atom. The molecule has 3 rings (SSSR count). The van der Waals surface area contributed by atoms with Crippen molar-refractivity contribution in [3.63, 3.8) is 0 Å². The molecule has 0 bridgehead atoms. The predicted molar refractivity (Wildman–Crippen MR) is 110 cm³/mol. The number of hydrogen-bond donors (Lipinski definition) is 1. The maximum atomic E-state index is 6.03. The highest BCUT2D eigenvalue weighted by atomic mass is 35.5. The van der Waals surface area contributed by atoms with Crippen LogP contribution in [0.1, 0.15) is 17.5 Å². The number of hydrogen-bond acceptors (Lipinski definition) is 2. The van der Waals surface area contributed by atoms with Crippen molar-refractivity contribution >= 4 is 34.6 Å². The molecular formula is C20H24ClN3S. The van der Waals surface area contributed by atoms with Crippen LogP contribution in [0.25, 0.3) is 0 Å². The van der Waals surface area contributed by atoms with Gasteiger partial charge in [-0.15, -0.1) is 0 Å². The Morgan fingerprint density at radius 1 is 1.08 bits per heavy atom. The first-order valence-corrected chi connectivity index (χ1v) is 9.49. The highest BCUT2D eigenvalue weighted by Gasteiger charge is 2.17. The van der Waals surface area contributed by atoms with Crippen LogP contribution in [0.2, 0.25) is 5.02 Å². The lowest BCUT2D eigenvalue weighted by molar-refractivity contribution is 0.278. The summed E-state index contributed by atoms with van der Waals surface area (Å²) in [6, 6.07) is 16.5. The standard InChI is InChI=1S/C20H24ClN3S/c1-16-14-18(21)8-9-19(16)22-20(25)24-11-5-10-23(12-13-24)15-17-6-3-2-4-7-17/h2-4,6-9,14H,5,10-13,15H2,1H3,(H,22,25). The summed E-state index contributed by atoms with van der Waals surface area (Å²) in [5, 5.41) is 4.93. The highest BCUT2D eigenvalue weighted by molar-refractivity contribution is 7.80. The second-order valence-corrected chi connectivity index (χ2v) is 7.31. The van der Waals surface area contributed by atoms with Gasteiger partial charge >= 0.3 is 0 Å². The van der Waals surface area contributed by atoms with Gasteiger partial charge in [-0.1, -0.05) is 41.9 Å². The van der Waals surface area contributed by atoms with Gasteiger partial charge in [0.2, 0.25) is 0 Å². The number of benzene rings is 2. The maximum Gasteiger partial charge on any atom is 0.173 e. The van der Waals surface area contributed by atoms with Crippen LogP contribution in [0, 0.1) is 6.92 Å². The molecule has 25 heavy (non-hydrogen) atoms. The molecular weight excluding hydrogens is 350 g/mol. The molecule has 0 spiro atoms. The number of nitrogens with one attached hydrogen (secondary N) is 1. The Labute approximate surface area is 160 Å². The summed E-state index contributed by atoms with van der Waals surface area (Å²) in [6.07, 6.45) is 1.12. The molecule has 0 saturated carbocycles. The van der Waals surface area contributed by atoms with Crippen molar-refractivity contribution in [3.05, 3.63) is 64.7 Å². The Balaban J connectivity index is 1.56. The molecule has 0 aromatic heterocycles. The van der Waals surface area contributed by atoms with E-state index in [2.05, 4.69) is 45.4 Å². The molecule has 5 heteroatoms. The SMILES string of the molecule is Cc1cc(Cl)ccc1NC(=S)N1CCCN(Cc2ccccc2)CC1. The molecule has 1 aliphatic heterocycles. The third kappa shape index (κ3) is 5.18. The van der Waals surface area contributed by atoms with Crippen LogP contribution in [0.5, 0.6) is 0 Å². The summed E-state index contributed by atoms with van der Waals surface area (Å²) >= 11 is 11.7. The Bertz CT molecular complexity index is 720. The van der Waals surface area contributed by atoms with Crippen molar-refractivity contribution in [2.75, 3.05) is 31.5 Å². The van der Waals surface area contributed by atoms with Crippen LogP contribution in [0.4, 0.5) is 5.69 Å². The summed E-state index contributed by atoms with van der Waals surface area (Å²) in [6.45, 7) is 7.12. The average Bonchev–Trinajstić information content (AvgIpc) is 2.84. The molecule has 1 fully saturated rings. The van der Waals surface area contributed by atoms with Crippen molar-refractivity contribution in [1.82, 2.24) is 9.80 Å². The molecule has 2 aromatic carbocycles. The molecule has 0 aliphatic carbocycles. The third-order valence-electron chi connectivity index (χ3n) is 4.55. The smallest absolute Gasteiger partial charge is 0.173 e. The van der Waals surface area contributed by atoms with Crippen molar-refractivity contribution in [1.29, 1.82) is 0 Å². The van der Waals surface area contributed by atoms with Gasteiger partial charge in [-0.05, 0) is 54.9 Å². The molecule has 132 valence electrons. The van der Waals surface area contributed by atoms with Crippen molar-refractivity contribution in [2.24, 2.45) is 0 Å². The molecule has 2 aromatic rings. The van der Waals surface area contributed by atoms with Crippen LogP contribution in [0.15, 0.2) is 48.5 Å². The van der Waals surface area contributed by atoms with E-state index in [0.717, 1.165) is 60.5 Å². The fraction of sp³-hybridized carbons (Fsp3) is 0.350. The van der Waals surface area contributed by atoms with E-state index in [0.29, 0.717) is 0 Å². The van der Waals surface area contributed by atoms with Gasteiger partial charge in [0.05, 0.1) is 0 Å². The normalized spacial score (nSPS) is 15.7. The van der Waals surface area contributed by atoms with Crippen LogP contribution >= 0.6 is 23.8 Å². The van der Waals surface area contributed by atoms with Crippen molar-refractivity contribution in [2.45, 2.75) is 19.9 Å². The number of aryl methyl sites for hydroxylation is 1. The summed E-state index contributed by atoms with van der Waals surface area (Å²) in [4.78, 5) is 4.78. The number of rotatable bonds is 3. The Morgan fingerprint density at radius 2 is 1.88 bits per heavy atom. The largest absolute Gasteiger partial charge is 0.348 e. The monoisotopic (exact) mass is 373 g/mol. The summed E-state index contributed by atoms with van der Waals surface area (Å²) in [7, 11) is 0. The van der Waals surface area contributed by atoms with E-state index in [9.17, 15) is 0 Å². The first-order valence-electron chi connectivity index (χ1n) is 8.70. The molecule has 3 nitrogen and oxygen atoms in total. The molecule has 1 N–H and O–H groups in total. The van der Waals surface area contributed by atoms with Gasteiger partial charge in [0.15, 0.2) is 5.11 Å². The van der Waals surface area contributed by atoms with Crippen LogP contribution < -0.4 is 5.32 Å². The van der Waals surface area contributed by atoms with Gasteiger partial charge in [0.1, 0.15) is 0 Å². The van der Waals surface area contributed by atoms with E-state index >= 15 is 0 Å². The first kappa shape index (κ1) is 18.2. The molecule has 0 radical (unpaired) electrons. The lowest BCUT2D eigenvalue weighted by atomic mass is 10.2. The summed E-state index contributed by atoms with van der Waals surface area (Å²) < 4.78 is 0. The molecule has 0 atom stereocenters. The zero-order valence-corrected chi connectivity index (χ0v) is 16.1. The van der Waals surface area contributed by atoms with Gasteiger partial charge in [0.25, 0.3) is 0 Å². The quantitative estimate of drug-likeness (QED) is 0.795. The molecule has 1 saturated heterocycles. The van der Waals surface area contributed by atoms with Gasteiger partial charge in [-0.3, -0.25) is 4.90 Å². The van der Waals surface area contributed by atoms with E-state index in [1.165, 1.54) is 5.56 Å². The van der Waals surface area contributed by atoms with Crippen LogP contribution in [-0.4, -0.2) is 41.1 Å². The zero-order chi connectivity index (χ0) is 17.6. The molecule has 0 unspecified atom stereocenters. The zero-order valence-electron chi connectivity index (χ0n) is 14.5. The molecule has 1 aliphatic rings. The van der Waals surface area contributed by atoms with Gasteiger partial charge in [-0.25, -0.2) is 0 Å². The third-order valence-corrected chi connectivity index (χ3v) is 5.15. The fourth-order valence-corrected chi connectivity index (χ4v) is 3.65. The van der Waals surface area contributed by atoms with Crippen LogP contribution in [0.3, 0.4) is 0 Å². The van der Waals surface area contributed by atoms with E-state index in [-0.39, 0.29) is 0 Å². The average molecular weight is 374 g/mol. The highest BCUT2D eigenvalue weighted by Crippen LogP contribution is 2.20. The van der Waals surface area contributed by atoms with E-state index in [1.54, 1.807) is 0 Å². The number of thiocarbonyl (C=S) groups is 1. The number of halogens is 1. The van der Waals surface area contributed by atoms with Gasteiger partial charge < -0.3 is 10.2 Å². The number of anilines is 1. The summed E-state index contributed by atoms with van der Waals surface area (Å²) in [5.41, 5.74) is 3.50. The summed E-state index contributed by atoms with van der Waals surface area (Å²) in [5.74, 6) is 0. The Kier molecular flexibility index (Phi) is 6.29. The van der Waals surface area contributed by atoms with Crippen LogP contribution in [-0.2, 0) is 6.54 Å². The lowest BCUT2D eigenvalue weighted by Gasteiger charge is -2.25. The minimum Gasteiger partial charge on any atom is -0.348 e. The first-order chi connectivity index (χ1) is 12.1. The minimum absolute atomic E-state index is 0.750. The van der Waals surface area contributed by atoms with E-state index < -0.39 is 0 Å². The van der Waals surface area contributed by atoms with Gasteiger partial charge in [0, 0.05) is 43.4 Å². The van der Waals surface area contributed by atoms with Crippen molar-refractivity contribution < 1.29 is 0 Å². The maximum absolute atomic E-state index is 6.03. The topological polar surface area (TPSA) is 18.5 Å². The van der Waals surface area contributed by atoms with E-state index in [4.69, 9.17) is 23.8 Å². The van der Waals surface area contributed by atoms with Gasteiger partial charge in [-0.2, -0.15) is 0 Å². The molecule has 0 amide bonds. The predicted octanol–water partition coefficient (Wildman–Crippen LogP) is 4.55. The fourth-order valence-electron chi connectivity index (χ4n) is 3.14.